The highest BCUT2D eigenvalue weighted by Gasteiger charge is 2.33. The number of hydrogen-bond acceptors (Lipinski definition) is 4. The monoisotopic (exact) mass is 545 g/mol. The molecule has 5 rings (SSSR count). The van der Waals surface area contributed by atoms with E-state index in [-0.39, 0.29) is 24.5 Å². The summed E-state index contributed by atoms with van der Waals surface area (Å²) in [5.74, 6) is -1.89. The second kappa shape index (κ2) is 12.0. The molecule has 0 fully saturated rings. The van der Waals surface area contributed by atoms with Crippen LogP contribution in [0.4, 0.5) is 5.69 Å². The predicted molar refractivity (Wildman–Crippen MR) is 159 cm³/mol. The molecule has 4 aromatic rings. The van der Waals surface area contributed by atoms with Gasteiger partial charge in [0.1, 0.15) is 6.04 Å². The van der Waals surface area contributed by atoms with E-state index in [4.69, 9.17) is 0 Å². The summed E-state index contributed by atoms with van der Waals surface area (Å²) >= 11 is 0. The van der Waals surface area contributed by atoms with Crippen LogP contribution in [0.1, 0.15) is 48.5 Å². The number of benzene rings is 4. The number of para-hydroxylation sites is 1. The number of anilines is 1. The van der Waals surface area contributed by atoms with Gasteiger partial charge in [0.25, 0.3) is 11.8 Å². The molecular formula is C34H31N3O4. The van der Waals surface area contributed by atoms with Gasteiger partial charge in [0.05, 0.1) is 11.6 Å². The van der Waals surface area contributed by atoms with Crippen molar-refractivity contribution in [1.82, 2.24) is 10.7 Å². The number of ketones is 1. The largest absolute Gasteiger partial charge is 0.345 e. The van der Waals surface area contributed by atoms with Gasteiger partial charge in [-0.15, -0.1) is 0 Å². The lowest BCUT2D eigenvalue weighted by molar-refractivity contribution is -0.130. The third-order valence-electron chi connectivity index (χ3n) is 7.34. The second-order valence-corrected chi connectivity index (χ2v) is 10.1. The van der Waals surface area contributed by atoms with Crippen LogP contribution in [0.2, 0.25) is 0 Å². The first-order valence-corrected chi connectivity index (χ1v) is 13.6. The van der Waals surface area contributed by atoms with Crippen LogP contribution < -0.4 is 15.8 Å². The zero-order chi connectivity index (χ0) is 28.9. The van der Waals surface area contributed by atoms with Gasteiger partial charge in [-0.2, -0.15) is 0 Å². The highest BCUT2D eigenvalue weighted by Crippen LogP contribution is 2.40. The number of rotatable bonds is 8. The first-order valence-electron chi connectivity index (χ1n) is 13.6. The molecule has 4 aromatic carbocycles. The molecule has 0 radical (unpaired) electrons. The van der Waals surface area contributed by atoms with Gasteiger partial charge in [0.15, 0.2) is 5.78 Å². The Kier molecular flexibility index (Phi) is 8.06. The lowest BCUT2D eigenvalue weighted by Gasteiger charge is -2.27. The molecule has 7 nitrogen and oxygen atoms in total. The van der Waals surface area contributed by atoms with Gasteiger partial charge in [-0.1, -0.05) is 97.1 Å². The SMILES string of the molecule is CC1C(=O)N(NC(=O)[C@H](C)NC(=O)CCC(=O)c2ccc(-c3ccccc3)cc2)c2ccccc2-c2ccccc21. The molecule has 0 aromatic heterocycles. The summed E-state index contributed by atoms with van der Waals surface area (Å²) in [6.45, 7) is 3.35. The Labute approximate surface area is 239 Å². The molecule has 1 unspecified atom stereocenters. The van der Waals surface area contributed by atoms with Crippen LogP contribution in [0, 0.1) is 0 Å². The highest BCUT2D eigenvalue weighted by atomic mass is 16.2. The quantitative estimate of drug-likeness (QED) is 0.279. The molecule has 7 heteroatoms. The topological polar surface area (TPSA) is 95.6 Å². The van der Waals surface area contributed by atoms with Crippen molar-refractivity contribution in [2.75, 3.05) is 5.01 Å². The van der Waals surface area contributed by atoms with E-state index >= 15 is 0 Å². The van der Waals surface area contributed by atoms with Crippen molar-refractivity contribution in [3.8, 4) is 22.3 Å². The minimum absolute atomic E-state index is 0.0125. The maximum Gasteiger partial charge on any atom is 0.261 e. The summed E-state index contributed by atoms with van der Waals surface area (Å²) in [6.07, 6.45) is -0.0483. The Morgan fingerprint density at radius 3 is 2.10 bits per heavy atom. The van der Waals surface area contributed by atoms with Gasteiger partial charge in [0, 0.05) is 24.0 Å². The molecule has 1 heterocycles. The summed E-state index contributed by atoms with van der Waals surface area (Å²) in [6, 6.07) is 31.3. The van der Waals surface area contributed by atoms with E-state index in [2.05, 4.69) is 10.7 Å². The van der Waals surface area contributed by atoms with Crippen LogP contribution >= 0.6 is 0 Å². The van der Waals surface area contributed by atoms with Crippen molar-refractivity contribution in [3.05, 3.63) is 114 Å². The van der Waals surface area contributed by atoms with Crippen molar-refractivity contribution in [2.45, 2.75) is 38.6 Å². The molecule has 0 saturated carbocycles. The number of fused-ring (bicyclic) bond motifs is 3. The predicted octanol–water partition coefficient (Wildman–Crippen LogP) is 5.67. The molecule has 3 amide bonds. The van der Waals surface area contributed by atoms with Crippen LogP contribution in [-0.2, 0) is 14.4 Å². The number of hydrazine groups is 1. The Balaban J connectivity index is 1.19. The van der Waals surface area contributed by atoms with Gasteiger partial charge in [-0.3, -0.25) is 24.6 Å². The normalized spacial score (nSPS) is 14.7. The lowest BCUT2D eigenvalue weighted by Crippen LogP contribution is -2.54. The van der Waals surface area contributed by atoms with E-state index in [0.29, 0.717) is 11.3 Å². The van der Waals surface area contributed by atoms with Gasteiger partial charge < -0.3 is 5.32 Å². The second-order valence-electron chi connectivity index (χ2n) is 10.1. The zero-order valence-corrected chi connectivity index (χ0v) is 23.0. The Morgan fingerprint density at radius 1 is 0.756 bits per heavy atom. The van der Waals surface area contributed by atoms with Gasteiger partial charge in [0.2, 0.25) is 5.91 Å². The number of nitrogens with zero attached hydrogens (tertiary/aromatic N) is 1. The molecule has 0 aliphatic carbocycles. The van der Waals surface area contributed by atoms with Crippen LogP contribution in [-0.4, -0.2) is 29.5 Å². The van der Waals surface area contributed by atoms with Crippen LogP contribution in [0.25, 0.3) is 22.3 Å². The molecular weight excluding hydrogens is 514 g/mol. The zero-order valence-electron chi connectivity index (χ0n) is 23.0. The molecule has 0 bridgehead atoms. The van der Waals surface area contributed by atoms with Crippen LogP contribution in [0.5, 0.6) is 0 Å². The average Bonchev–Trinajstić information content (AvgIpc) is 3.10. The Morgan fingerprint density at radius 2 is 1.37 bits per heavy atom. The molecule has 0 saturated heterocycles. The van der Waals surface area contributed by atoms with E-state index in [1.165, 1.54) is 5.01 Å². The smallest absolute Gasteiger partial charge is 0.261 e. The summed E-state index contributed by atoms with van der Waals surface area (Å²) in [5, 5.41) is 3.92. The van der Waals surface area contributed by atoms with Crippen LogP contribution in [0.15, 0.2) is 103 Å². The summed E-state index contributed by atoms with van der Waals surface area (Å²) in [7, 11) is 0. The third kappa shape index (κ3) is 5.94. The Bertz CT molecular complexity index is 1600. The number of carbonyl (C=O) groups is 4. The van der Waals surface area contributed by atoms with Crippen molar-refractivity contribution in [1.29, 1.82) is 0 Å². The number of Topliss-reactive ketones (excluding diaryl/α,β-unsaturated/α-hetero) is 1. The molecule has 2 atom stereocenters. The number of hydrogen-bond donors (Lipinski definition) is 2. The Hall–Kier alpha value is -5.04. The van der Waals surface area contributed by atoms with Gasteiger partial charge in [-0.25, -0.2) is 5.01 Å². The van der Waals surface area contributed by atoms with E-state index in [0.717, 1.165) is 27.8 Å². The maximum atomic E-state index is 13.5. The fourth-order valence-corrected chi connectivity index (χ4v) is 5.01. The van der Waals surface area contributed by atoms with Crippen molar-refractivity contribution in [2.24, 2.45) is 0 Å². The summed E-state index contributed by atoms with van der Waals surface area (Å²) < 4.78 is 0. The van der Waals surface area contributed by atoms with Gasteiger partial charge in [-0.05, 0) is 42.2 Å². The fourth-order valence-electron chi connectivity index (χ4n) is 5.01. The molecule has 2 N–H and O–H groups in total. The lowest BCUT2D eigenvalue weighted by atomic mass is 9.92. The van der Waals surface area contributed by atoms with E-state index in [1.807, 2.05) is 85.8 Å². The van der Waals surface area contributed by atoms with Gasteiger partial charge >= 0.3 is 0 Å². The first-order chi connectivity index (χ1) is 19.8. The molecule has 0 spiro atoms. The number of amides is 3. The van der Waals surface area contributed by atoms with Crippen molar-refractivity contribution >= 4 is 29.2 Å². The molecule has 41 heavy (non-hydrogen) atoms. The van der Waals surface area contributed by atoms with Crippen molar-refractivity contribution < 1.29 is 19.2 Å². The standard InChI is InChI=1S/C34H31N3O4/c1-22-27-12-6-7-13-28(27)29-14-8-9-15-30(29)37(34(22)41)36-33(40)23(2)35-32(39)21-20-31(38)26-18-16-25(17-19-26)24-10-4-3-5-11-24/h3-19,22-23H,20-21H2,1-2H3,(H,35,39)(H,36,40)/t22?,23-/m0/s1. The van der Waals surface area contributed by atoms with Crippen LogP contribution in [0.3, 0.4) is 0 Å². The average molecular weight is 546 g/mol. The van der Waals surface area contributed by atoms with E-state index in [9.17, 15) is 19.2 Å². The van der Waals surface area contributed by atoms with E-state index in [1.54, 1.807) is 31.2 Å². The van der Waals surface area contributed by atoms with E-state index < -0.39 is 23.8 Å². The maximum absolute atomic E-state index is 13.5. The minimum atomic E-state index is -0.927. The number of carbonyl (C=O) groups excluding carboxylic acids is 4. The summed E-state index contributed by atoms with van der Waals surface area (Å²) in [5.41, 5.74) is 8.49. The number of nitrogens with one attached hydrogen (secondary N) is 2. The fraction of sp³-hybridized carbons (Fsp3) is 0.176. The first kappa shape index (κ1) is 27.5. The molecule has 1 aliphatic rings. The van der Waals surface area contributed by atoms with Crippen molar-refractivity contribution in [3.63, 3.8) is 0 Å². The summed E-state index contributed by atoms with van der Waals surface area (Å²) in [4.78, 5) is 51.9. The minimum Gasteiger partial charge on any atom is -0.345 e. The highest BCUT2D eigenvalue weighted by molar-refractivity contribution is 6.07. The molecule has 1 aliphatic heterocycles. The molecule has 206 valence electrons. The third-order valence-corrected chi connectivity index (χ3v) is 7.34.